The van der Waals surface area contributed by atoms with Crippen LogP contribution in [0.1, 0.15) is 24.5 Å². The molecule has 0 radical (unpaired) electrons. The van der Waals surface area contributed by atoms with Crippen molar-refractivity contribution in [3.8, 4) is 11.5 Å². The van der Waals surface area contributed by atoms with Crippen LogP contribution in [0.25, 0.3) is 0 Å². The highest BCUT2D eigenvalue weighted by molar-refractivity contribution is 5.48. The first-order valence-corrected chi connectivity index (χ1v) is 4.79. The minimum Gasteiger partial charge on any atom is -0.504 e. The van der Waals surface area contributed by atoms with Crippen LogP contribution in [0.4, 0.5) is 0 Å². The number of benzene rings is 1. The van der Waals surface area contributed by atoms with Gasteiger partial charge in [0, 0.05) is 0 Å². The first kappa shape index (κ1) is 8.42. The molecule has 1 N–H and O–H groups in total. The van der Waals surface area contributed by atoms with Crippen molar-refractivity contribution >= 4 is 0 Å². The lowest BCUT2D eigenvalue weighted by molar-refractivity contribution is 0.317. The lowest BCUT2D eigenvalue weighted by atomic mass is 10.1. The number of phenolic OH excluding ortho intramolecular Hbond substituents is 1. The van der Waals surface area contributed by atoms with Crippen molar-refractivity contribution in [1.82, 2.24) is 0 Å². The van der Waals surface area contributed by atoms with Gasteiger partial charge >= 0.3 is 0 Å². The van der Waals surface area contributed by atoms with Crippen molar-refractivity contribution in [1.29, 1.82) is 0 Å². The van der Waals surface area contributed by atoms with Crippen LogP contribution in [0.15, 0.2) is 12.1 Å². The van der Waals surface area contributed by atoms with E-state index in [1.165, 1.54) is 17.5 Å². The molecular weight excluding hydrogens is 164 g/mol. The number of aryl methyl sites for hydroxylation is 2. The second kappa shape index (κ2) is 3.29. The van der Waals surface area contributed by atoms with E-state index >= 15 is 0 Å². The molecular formula is C11H14O2. The van der Waals surface area contributed by atoms with Gasteiger partial charge in [-0.05, 0) is 49.4 Å². The van der Waals surface area contributed by atoms with E-state index in [-0.39, 0.29) is 5.75 Å². The first-order valence-electron chi connectivity index (χ1n) is 4.79. The maximum Gasteiger partial charge on any atom is 0.161 e. The Kier molecular flexibility index (Phi) is 2.13. The van der Waals surface area contributed by atoms with Crippen molar-refractivity contribution in [3.05, 3.63) is 23.3 Å². The van der Waals surface area contributed by atoms with Crippen molar-refractivity contribution < 1.29 is 9.84 Å². The second-order valence-electron chi connectivity index (χ2n) is 3.38. The van der Waals surface area contributed by atoms with Gasteiger partial charge in [0.05, 0.1) is 6.61 Å². The zero-order valence-electron chi connectivity index (χ0n) is 7.84. The quantitative estimate of drug-likeness (QED) is 0.752. The lowest BCUT2D eigenvalue weighted by Gasteiger charge is -2.08. The van der Waals surface area contributed by atoms with Crippen molar-refractivity contribution in [2.45, 2.75) is 26.2 Å². The van der Waals surface area contributed by atoms with Gasteiger partial charge in [0.1, 0.15) is 0 Å². The number of aromatic hydroxyl groups is 1. The van der Waals surface area contributed by atoms with E-state index in [9.17, 15) is 5.11 Å². The predicted molar refractivity (Wildman–Crippen MR) is 51.3 cm³/mol. The van der Waals surface area contributed by atoms with E-state index in [1.807, 2.05) is 19.1 Å². The van der Waals surface area contributed by atoms with Crippen LogP contribution in [0.2, 0.25) is 0 Å². The van der Waals surface area contributed by atoms with Crippen LogP contribution < -0.4 is 4.74 Å². The van der Waals surface area contributed by atoms with Gasteiger partial charge in [0.25, 0.3) is 0 Å². The zero-order chi connectivity index (χ0) is 9.26. The summed E-state index contributed by atoms with van der Waals surface area (Å²) in [7, 11) is 0. The van der Waals surface area contributed by atoms with Crippen LogP contribution in [0, 0.1) is 0 Å². The van der Waals surface area contributed by atoms with Crippen LogP contribution in [0.5, 0.6) is 11.5 Å². The molecule has 2 rings (SSSR count). The molecule has 0 bridgehead atoms. The molecule has 0 saturated carbocycles. The summed E-state index contributed by atoms with van der Waals surface area (Å²) >= 11 is 0. The standard InChI is InChI=1S/C11H14O2/c1-2-13-11-7-9-5-3-4-8(9)6-10(11)12/h6-7,12H,2-5H2,1H3. The molecule has 1 aromatic carbocycles. The summed E-state index contributed by atoms with van der Waals surface area (Å²) in [6.45, 7) is 2.53. The number of phenols is 1. The highest BCUT2D eigenvalue weighted by Gasteiger charge is 2.14. The maximum absolute atomic E-state index is 9.58. The summed E-state index contributed by atoms with van der Waals surface area (Å²) in [6, 6.07) is 3.81. The fourth-order valence-electron chi connectivity index (χ4n) is 1.86. The SMILES string of the molecule is CCOc1cc2c(cc1O)CCC2. The molecule has 2 heteroatoms. The third-order valence-electron chi connectivity index (χ3n) is 2.47. The van der Waals surface area contributed by atoms with Crippen LogP contribution in [0.3, 0.4) is 0 Å². The Bertz CT molecular complexity index is 318. The smallest absolute Gasteiger partial charge is 0.161 e. The predicted octanol–water partition coefficient (Wildman–Crippen LogP) is 2.28. The minimum atomic E-state index is 0.280. The van der Waals surface area contributed by atoms with Gasteiger partial charge in [-0.25, -0.2) is 0 Å². The normalized spacial score (nSPS) is 14.2. The molecule has 0 atom stereocenters. The Morgan fingerprint density at radius 1 is 1.31 bits per heavy atom. The van der Waals surface area contributed by atoms with Gasteiger partial charge < -0.3 is 9.84 Å². The van der Waals surface area contributed by atoms with Crippen LogP contribution in [-0.2, 0) is 12.8 Å². The average Bonchev–Trinajstić information content (AvgIpc) is 2.52. The Morgan fingerprint density at radius 3 is 2.69 bits per heavy atom. The zero-order valence-corrected chi connectivity index (χ0v) is 7.84. The molecule has 1 aliphatic rings. The molecule has 0 unspecified atom stereocenters. The van der Waals surface area contributed by atoms with E-state index in [0.717, 1.165) is 12.8 Å². The van der Waals surface area contributed by atoms with Crippen molar-refractivity contribution in [2.75, 3.05) is 6.61 Å². The summed E-state index contributed by atoms with van der Waals surface area (Å²) in [4.78, 5) is 0. The highest BCUT2D eigenvalue weighted by atomic mass is 16.5. The summed E-state index contributed by atoms with van der Waals surface area (Å²) in [6.07, 6.45) is 3.41. The second-order valence-corrected chi connectivity index (χ2v) is 3.38. The van der Waals surface area contributed by atoms with Crippen molar-refractivity contribution in [2.24, 2.45) is 0 Å². The molecule has 0 aliphatic heterocycles. The first-order chi connectivity index (χ1) is 6.31. The van der Waals surface area contributed by atoms with Gasteiger partial charge in [-0.1, -0.05) is 0 Å². The highest BCUT2D eigenvalue weighted by Crippen LogP contribution is 2.33. The number of hydrogen-bond donors (Lipinski definition) is 1. The number of fused-ring (bicyclic) bond motifs is 1. The van der Waals surface area contributed by atoms with Gasteiger partial charge in [-0.2, -0.15) is 0 Å². The van der Waals surface area contributed by atoms with Crippen molar-refractivity contribution in [3.63, 3.8) is 0 Å². The summed E-state index contributed by atoms with van der Waals surface area (Å²) in [5.41, 5.74) is 2.61. The molecule has 2 nitrogen and oxygen atoms in total. The molecule has 1 aliphatic carbocycles. The molecule has 0 spiro atoms. The third-order valence-corrected chi connectivity index (χ3v) is 2.47. The molecule has 0 amide bonds. The lowest BCUT2D eigenvalue weighted by Crippen LogP contribution is -1.93. The number of rotatable bonds is 2. The fraction of sp³-hybridized carbons (Fsp3) is 0.455. The van der Waals surface area contributed by atoms with Gasteiger partial charge in [-0.15, -0.1) is 0 Å². The third kappa shape index (κ3) is 1.48. The van der Waals surface area contributed by atoms with Gasteiger partial charge in [-0.3, -0.25) is 0 Å². The Labute approximate surface area is 78.2 Å². The molecule has 0 fully saturated rings. The topological polar surface area (TPSA) is 29.5 Å². The molecule has 0 aromatic heterocycles. The maximum atomic E-state index is 9.58. The van der Waals surface area contributed by atoms with E-state index in [1.54, 1.807) is 0 Å². The van der Waals surface area contributed by atoms with E-state index < -0.39 is 0 Å². The molecule has 0 heterocycles. The Balaban J connectivity index is 2.37. The van der Waals surface area contributed by atoms with E-state index in [4.69, 9.17) is 4.74 Å². The van der Waals surface area contributed by atoms with Crippen LogP contribution in [-0.4, -0.2) is 11.7 Å². The summed E-state index contributed by atoms with van der Waals surface area (Å²) < 4.78 is 5.31. The average molecular weight is 178 g/mol. The number of ether oxygens (including phenoxy) is 1. The molecule has 1 aromatic rings. The minimum absolute atomic E-state index is 0.280. The number of hydrogen-bond acceptors (Lipinski definition) is 2. The monoisotopic (exact) mass is 178 g/mol. The Morgan fingerprint density at radius 2 is 2.00 bits per heavy atom. The van der Waals surface area contributed by atoms with E-state index in [2.05, 4.69) is 0 Å². The van der Waals surface area contributed by atoms with E-state index in [0.29, 0.717) is 12.4 Å². The largest absolute Gasteiger partial charge is 0.504 e. The van der Waals surface area contributed by atoms with Gasteiger partial charge in [0.2, 0.25) is 0 Å². The van der Waals surface area contributed by atoms with Gasteiger partial charge in [0.15, 0.2) is 11.5 Å². The molecule has 70 valence electrons. The summed E-state index contributed by atoms with van der Waals surface area (Å²) in [5.74, 6) is 0.908. The fourth-order valence-corrected chi connectivity index (χ4v) is 1.86. The molecule has 0 saturated heterocycles. The Hall–Kier alpha value is -1.18. The van der Waals surface area contributed by atoms with Crippen LogP contribution >= 0.6 is 0 Å². The molecule has 13 heavy (non-hydrogen) atoms. The summed E-state index contributed by atoms with van der Waals surface area (Å²) in [5, 5.41) is 9.58.